The van der Waals surface area contributed by atoms with E-state index < -0.39 is 11.8 Å². The summed E-state index contributed by atoms with van der Waals surface area (Å²) in [5.41, 5.74) is 0. The van der Waals surface area contributed by atoms with Gasteiger partial charge in [-0.1, -0.05) is 194 Å². The number of imide groups is 1. The summed E-state index contributed by atoms with van der Waals surface area (Å²) in [7, 11) is 0. The third kappa shape index (κ3) is 37.2. The van der Waals surface area contributed by atoms with Crippen LogP contribution in [0.3, 0.4) is 0 Å². The second-order valence-corrected chi connectivity index (χ2v) is 13.8. The largest absolute Gasteiger partial charge is 0.299 e. The van der Waals surface area contributed by atoms with Crippen LogP contribution < -0.4 is 5.32 Å². The van der Waals surface area contributed by atoms with Gasteiger partial charge >= 0.3 is 0 Å². The number of halogens is 1. The van der Waals surface area contributed by atoms with E-state index >= 15 is 0 Å². The summed E-state index contributed by atoms with van der Waals surface area (Å²) in [5, 5.41) is 2.23. The monoisotopic (exact) mass is 670 g/mol. The third-order valence-electron chi connectivity index (χ3n) is 9.11. The molecule has 0 aromatic rings. The minimum Gasteiger partial charge on any atom is -0.299 e. The van der Waals surface area contributed by atoms with Crippen LogP contribution in [0.1, 0.15) is 232 Å². The molecule has 0 saturated heterocycles. The van der Waals surface area contributed by atoms with Crippen LogP contribution in [0.2, 0.25) is 0 Å². The Labute approximate surface area is 291 Å². The Morgan fingerprint density at radius 2 is 0.522 bits per heavy atom. The van der Waals surface area contributed by atoms with Crippen LogP contribution in [0.4, 0.5) is 0 Å². The summed E-state index contributed by atoms with van der Waals surface area (Å²) in [6.45, 7) is 4.53. The van der Waals surface area contributed by atoms with E-state index in [1.54, 1.807) is 0 Å². The topological polar surface area (TPSA) is 80.3 Å². The zero-order chi connectivity index (χ0) is 33.1. The van der Waals surface area contributed by atoms with Crippen LogP contribution in [-0.2, 0) is 19.2 Å². The van der Waals surface area contributed by atoms with Crippen LogP contribution in [0.15, 0.2) is 0 Å². The molecule has 0 unspecified atom stereocenters. The lowest BCUT2D eigenvalue weighted by Crippen LogP contribution is -2.33. The molecule has 0 fully saturated rings. The summed E-state index contributed by atoms with van der Waals surface area (Å²) in [4.78, 5) is 48.3. The molecule has 0 atom stereocenters. The second kappa shape index (κ2) is 38.2. The first kappa shape index (κ1) is 46.9. The molecule has 0 aliphatic carbocycles. The van der Waals surface area contributed by atoms with Gasteiger partial charge in [-0.05, 0) is 12.8 Å². The Kier molecular flexibility index (Phi) is 39.0. The highest BCUT2D eigenvalue weighted by Gasteiger charge is 2.15. The highest BCUT2D eigenvalue weighted by Crippen LogP contribution is 2.15. The van der Waals surface area contributed by atoms with Crippen molar-refractivity contribution < 1.29 is 19.2 Å². The average Bonchev–Trinajstić information content (AvgIpc) is 3.00. The van der Waals surface area contributed by atoms with E-state index in [2.05, 4.69) is 19.2 Å². The molecule has 1 N–H and O–H groups in total. The standard InChI is InChI=1S/C40H75NO4.ClH/c1-3-5-7-9-11-13-15-17-19-21-23-25-27-29-31-33-37(42)35-39(44)41-40(45)36-38(43)34-32-30-28-26-24-22-20-18-16-14-12-10-8-6-4-2;/h3-36H2,1-2H3,(H,41,44,45);1H. The first-order chi connectivity index (χ1) is 22.0. The average molecular weight is 671 g/mol. The predicted octanol–water partition coefficient (Wildman–Crippen LogP) is 12.5. The SMILES string of the molecule is CCCCCCCCCCCCCCCCCC(=O)CC(=O)NC(=O)CC(=O)CCCCCCCCCCCCCCCCC.Cl. The summed E-state index contributed by atoms with van der Waals surface area (Å²) in [5.74, 6) is -1.41. The van der Waals surface area contributed by atoms with Crippen LogP contribution in [0, 0.1) is 0 Å². The van der Waals surface area contributed by atoms with E-state index in [9.17, 15) is 19.2 Å². The fourth-order valence-corrected chi connectivity index (χ4v) is 6.17. The lowest BCUT2D eigenvalue weighted by Gasteiger charge is -2.05. The first-order valence-electron chi connectivity index (χ1n) is 19.9. The van der Waals surface area contributed by atoms with Gasteiger partial charge in [0.25, 0.3) is 0 Å². The summed E-state index contributed by atoms with van der Waals surface area (Å²) < 4.78 is 0. The summed E-state index contributed by atoms with van der Waals surface area (Å²) in [6, 6.07) is 0. The fourth-order valence-electron chi connectivity index (χ4n) is 6.17. The molecule has 0 saturated carbocycles. The van der Waals surface area contributed by atoms with Gasteiger partial charge in [0.05, 0.1) is 12.8 Å². The Balaban J connectivity index is 0. The number of unbranched alkanes of at least 4 members (excludes halogenated alkanes) is 28. The zero-order valence-corrected chi connectivity index (χ0v) is 31.4. The summed E-state index contributed by atoms with van der Waals surface area (Å²) >= 11 is 0. The number of nitrogens with one attached hydrogen (secondary N) is 1. The maximum Gasteiger partial charge on any atom is 0.234 e. The van der Waals surface area contributed by atoms with Gasteiger partial charge in [-0.2, -0.15) is 0 Å². The van der Waals surface area contributed by atoms with Crippen molar-refractivity contribution in [1.82, 2.24) is 5.32 Å². The van der Waals surface area contributed by atoms with Crippen molar-refractivity contribution in [1.29, 1.82) is 0 Å². The van der Waals surface area contributed by atoms with Crippen LogP contribution >= 0.6 is 12.4 Å². The van der Waals surface area contributed by atoms with E-state index in [1.807, 2.05) is 0 Å². The van der Waals surface area contributed by atoms with Gasteiger partial charge in [0.15, 0.2) is 0 Å². The minimum atomic E-state index is -0.578. The van der Waals surface area contributed by atoms with Crippen molar-refractivity contribution in [3.63, 3.8) is 0 Å². The van der Waals surface area contributed by atoms with Crippen LogP contribution in [0.25, 0.3) is 0 Å². The fraction of sp³-hybridized carbons (Fsp3) is 0.900. The van der Waals surface area contributed by atoms with Gasteiger partial charge in [0.2, 0.25) is 11.8 Å². The van der Waals surface area contributed by atoms with E-state index in [0.717, 1.165) is 38.5 Å². The van der Waals surface area contributed by atoms with Crippen molar-refractivity contribution in [2.45, 2.75) is 232 Å². The Hall–Kier alpha value is -1.23. The third-order valence-corrected chi connectivity index (χ3v) is 9.11. The Morgan fingerprint density at radius 3 is 0.739 bits per heavy atom. The highest BCUT2D eigenvalue weighted by atomic mass is 35.5. The van der Waals surface area contributed by atoms with E-state index in [1.165, 1.54) is 154 Å². The first-order valence-corrected chi connectivity index (χ1v) is 19.9. The van der Waals surface area contributed by atoms with Crippen molar-refractivity contribution in [2.24, 2.45) is 0 Å². The molecule has 0 aliphatic rings. The van der Waals surface area contributed by atoms with Crippen LogP contribution in [0.5, 0.6) is 0 Å². The maximum atomic E-state index is 12.1. The number of ketones is 2. The molecule has 0 heterocycles. The summed E-state index contributed by atoms with van der Waals surface area (Å²) in [6.07, 6.45) is 38.5. The van der Waals surface area contributed by atoms with Gasteiger partial charge in [-0.3, -0.25) is 24.5 Å². The molecular formula is C40H76ClNO4. The number of amides is 2. The van der Waals surface area contributed by atoms with Crippen LogP contribution in [-0.4, -0.2) is 23.4 Å². The molecule has 0 spiro atoms. The number of carbonyl (C=O) groups excluding carboxylic acids is 4. The van der Waals surface area contributed by atoms with Gasteiger partial charge in [0, 0.05) is 12.8 Å². The molecule has 0 rings (SSSR count). The number of Topliss-reactive ketones (excluding diaryl/α,β-unsaturated/α-hetero) is 2. The smallest absolute Gasteiger partial charge is 0.234 e. The highest BCUT2D eigenvalue weighted by molar-refractivity contribution is 6.08. The molecule has 6 heteroatoms. The van der Waals surface area contributed by atoms with Crippen molar-refractivity contribution >= 4 is 35.8 Å². The van der Waals surface area contributed by atoms with Gasteiger partial charge in [-0.15, -0.1) is 12.4 Å². The molecule has 0 aromatic heterocycles. The lowest BCUT2D eigenvalue weighted by atomic mass is 10.0. The predicted molar refractivity (Wildman–Crippen MR) is 199 cm³/mol. The number of hydrogen-bond donors (Lipinski definition) is 1. The number of rotatable bonds is 36. The molecule has 5 nitrogen and oxygen atoms in total. The quantitative estimate of drug-likeness (QED) is 0.0531. The molecule has 0 bridgehead atoms. The van der Waals surface area contributed by atoms with Gasteiger partial charge in [-0.25, -0.2) is 0 Å². The molecule has 2 amide bonds. The molecule has 46 heavy (non-hydrogen) atoms. The van der Waals surface area contributed by atoms with Crippen molar-refractivity contribution in [3.05, 3.63) is 0 Å². The second-order valence-electron chi connectivity index (χ2n) is 13.8. The van der Waals surface area contributed by atoms with Crippen molar-refractivity contribution in [3.8, 4) is 0 Å². The molecule has 272 valence electrons. The molecule has 0 radical (unpaired) electrons. The minimum absolute atomic E-state index is 0. The normalized spacial score (nSPS) is 10.9. The molecule has 0 aliphatic heterocycles. The zero-order valence-electron chi connectivity index (χ0n) is 30.6. The van der Waals surface area contributed by atoms with Gasteiger partial charge in [0.1, 0.15) is 11.6 Å². The molecular weight excluding hydrogens is 594 g/mol. The maximum absolute atomic E-state index is 12.1. The van der Waals surface area contributed by atoms with Crippen molar-refractivity contribution in [2.75, 3.05) is 0 Å². The molecule has 0 aromatic carbocycles. The number of hydrogen-bond acceptors (Lipinski definition) is 4. The lowest BCUT2D eigenvalue weighted by molar-refractivity contribution is -0.134. The van der Waals surface area contributed by atoms with Gasteiger partial charge < -0.3 is 0 Å². The van der Waals surface area contributed by atoms with E-state index in [4.69, 9.17) is 0 Å². The Bertz CT molecular complexity index is 653. The van der Waals surface area contributed by atoms with E-state index in [0.29, 0.717) is 12.8 Å². The van der Waals surface area contributed by atoms with E-state index in [-0.39, 0.29) is 36.8 Å². The number of carbonyl (C=O) groups is 4. The Morgan fingerprint density at radius 1 is 0.326 bits per heavy atom.